The van der Waals surface area contributed by atoms with E-state index in [1.54, 1.807) is 13.3 Å². The van der Waals surface area contributed by atoms with Crippen LogP contribution >= 0.6 is 11.6 Å². The van der Waals surface area contributed by atoms with Crippen LogP contribution in [0.15, 0.2) is 36.5 Å². The summed E-state index contributed by atoms with van der Waals surface area (Å²) in [4.78, 5) is 6.72. The summed E-state index contributed by atoms with van der Waals surface area (Å²) in [6.45, 7) is 2.30. The second-order valence-corrected chi connectivity index (χ2v) is 6.72. The third kappa shape index (κ3) is 3.03. The van der Waals surface area contributed by atoms with Crippen LogP contribution in [0.25, 0.3) is 11.0 Å². The SMILES string of the molecule is COc1ccc(Cn2nc(N3CC[C@@H](N)C3)c3c(Cl)ccnc32)cc1. The van der Waals surface area contributed by atoms with Gasteiger partial charge in [0.1, 0.15) is 5.75 Å². The first-order chi connectivity index (χ1) is 12.2. The van der Waals surface area contributed by atoms with E-state index >= 15 is 0 Å². The summed E-state index contributed by atoms with van der Waals surface area (Å²) >= 11 is 6.47. The van der Waals surface area contributed by atoms with Crippen molar-refractivity contribution < 1.29 is 4.74 Å². The van der Waals surface area contributed by atoms with Gasteiger partial charge in [-0.3, -0.25) is 0 Å². The molecule has 3 aromatic rings. The van der Waals surface area contributed by atoms with Crippen molar-refractivity contribution in [1.29, 1.82) is 0 Å². The maximum absolute atomic E-state index is 6.47. The van der Waals surface area contributed by atoms with Gasteiger partial charge in [-0.15, -0.1) is 0 Å². The predicted molar refractivity (Wildman–Crippen MR) is 99.4 cm³/mol. The van der Waals surface area contributed by atoms with Gasteiger partial charge >= 0.3 is 0 Å². The van der Waals surface area contributed by atoms with Gasteiger partial charge in [0.15, 0.2) is 11.5 Å². The van der Waals surface area contributed by atoms with E-state index in [0.717, 1.165) is 47.7 Å². The lowest BCUT2D eigenvalue weighted by Crippen LogP contribution is -2.26. The van der Waals surface area contributed by atoms with Crippen molar-refractivity contribution in [2.45, 2.75) is 19.0 Å². The molecule has 7 heteroatoms. The predicted octanol–water partition coefficient (Wildman–Crippen LogP) is 2.68. The number of halogens is 1. The molecule has 130 valence electrons. The van der Waals surface area contributed by atoms with Gasteiger partial charge in [-0.2, -0.15) is 5.10 Å². The number of benzene rings is 1. The molecule has 0 bridgehead atoms. The van der Waals surface area contributed by atoms with Crippen LogP contribution in [-0.2, 0) is 6.54 Å². The number of ether oxygens (including phenoxy) is 1. The van der Waals surface area contributed by atoms with E-state index in [1.165, 1.54) is 0 Å². The zero-order valence-corrected chi connectivity index (χ0v) is 14.8. The number of rotatable bonds is 4. The third-order valence-corrected chi connectivity index (χ3v) is 4.89. The number of nitrogens with two attached hydrogens (primary N) is 1. The van der Waals surface area contributed by atoms with Crippen LogP contribution in [0.3, 0.4) is 0 Å². The van der Waals surface area contributed by atoms with E-state index in [9.17, 15) is 0 Å². The standard InChI is InChI=1S/C18H20ClN5O/c1-25-14-4-2-12(3-5-14)10-24-17-16(15(19)6-8-21-17)18(22-24)23-9-7-13(20)11-23/h2-6,8,13H,7,9-11,20H2,1H3/t13-/m1/s1. The van der Waals surface area contributed by atoms with E-state index in [1.807, 2.05) is 35.0 Å². The minimum Gasteiger partial charge on any atom is -0.497 e. The molecule has 4 rings (SSSR count). The Kier molecular flexibility index (Phi) is 4.23. The molecule has 0 spiro atoms. The zero-order chi connectivity index (χ0) is 17.4. The largest absolute Gasteiger partial charge is 0.497 e. The topological polar surface area (TPSA) is 69.2 Å². The molecule has 1 aliphatic heterocycles. The average Bonchev–Trinajstić information content (AvgIpc) is 3.20. The van der Waals surface area contributed by atoms with Crippen molar-refractivity contribution >= 4 is 28.5 Å². The first-order valence-electron chi connectivity index (χ1n) is 8.30. The highest BCUT2D eigenvalue weighted by Crippen LogP contribution is 2.33. The second-order valence-electron chi connectivity index (χ2n) is 6.32. The van der Waals surface area contributed by atoms with Gasteiger partial charge in [0, 0.05) is 25.3 Å². The number of hydrogen-bond donors (Lipinski definition) is 1. The molecular formula is C18H20ClN5O. The van der Waals surface area contributed by atoms with Gasteiger partial charge in [0.25, 0.3) is 0 Å². The average molecular weight is 358 g/mol. The number of anilines is 1. The number of pyridine rings is 1. The first kappa shape index (κ1) is 16.2. The fourth-order valence-electron chi connectivity index (χ4n) is 3.26. The summed E-state index contributed by atoms with van der Waals surface area (Å²) in [5, 5.41) is 6.38. The molecule has 1 atom stereocenters. The molecule has 2 N–H and O–H groups in total. The number of methoxy groups -OCH3 is 1. The lowest BCUT2D eigenvalue weighted by Gasteiger charge is -2.15. The Labute approximate surface area is 151 Å². The van der Waals surface area contributed by atoms with E-state index < -0.39 is 0 Å². The Balaban J connectivity index is 1.74. The highest BCUT2D eigenvalue weighted by molar-refractivity contribution is 6.36. The molecule has 0 saturated carbocycles. The molecule has 1 aliphatic rings. The van der Waals surface area contributed by atoms with Crippen LogP contribution in [0, 0.1) is 0 Å². The molecular weight excluding hydrogens is 338 g/mol. The molecule has 1 aromatic carbocycles. The van der Waals surface area contributed by atoms with Gasteiger partial charge in [-0.05, 0) is 30.2 Å². The monoisotopic (exact) mass is 357 g/mol. The molecule has 1 saturated heterocycles. The first-order valence-corrected chi connectivity index (χ1v) is 8.68. The van der Waals surface area contributed by atoms with E-state index in [2.05, 4.69) is 9.88 Å². The van der Waals surface area contributed by atoms with Crippen molar-refractivity contribution in [2.75, 3.05) is 25.1 Å². The Bertz CT molecular complexity index is 892. The maximum atomic E-state index is 6.47. The lowest BCUT2D eigenvalue weighted by atomic mass is 10.2. The van der Waals surface area contributed by atoms with Crippen molar-refractivity contribution in [2.24, 2.45) is 5.73 Å². The molecule has 0 unspecified atom stereocenters. The normalized spacial score (nSPS) is 17.4. The Hall–Kier alpha value is -2.31. The van der Waals surface area contributed by atoms with Crippen molar-refractivity contribution in [1.82, 2.24) is 14.8 Å². The Morgan fingerprint density at radius 2 is 2.08 bits per heavy atom. The van der Waals surface area contributed by atoms with Crippen LogP contribution in [0.2, 0.25) is 5.02 Å². The smallest absolute Gasteiger partial charge is 0.161 e. The van der Waals surface area contributed by atoms with Crippen LogP contribution in [0.5, 0.6) is 5.75 Å². The van der Waals surface area contributed by atoms with Gasteiger partial charge < -0.3 is 15.4 Å². The van der Waals surface area contributed by atoms with Gasteiger partial charge in [-0.25, -0.2) is 9.67 Å². The number of aromatic nitrogens is 3. The fourth-order valence-corrected chi connectivity index (χ4v) is 3.48. The van der Waals surface area contributed by atoms with Gasteiger partial charge in [0.2, 0.25) is 0 Å². The van der Waals surface area contributed by atoms with E-state index in [-0.39, 0.29) is 6.04 Å². The van der Waals surface area contributed by atoms with Gasteiger partial charge in [-0.1, -0.05) is 23.7 Å². The third-order valence-electron chi connectivity index (χ3n) is 4.58. The molecule has 0 radical (unpaired) electrons. The number of nitrogens with zero attached hydrogens (tertiary/aromatic N) is 4. The summed E-state index contributed by atoms with van der Waals surface area (Å²) in [5.74, 6) is 1.71. The summed E-state index contributed by atoms with van der Waals surface area (Å²) < 4.78 is 7.12. The lowest BCUT2D eigenvalue weighted by molar-refractivity contribution is 0.414. The summed E-state index contributed by atoms with van der Waals surface area (Å²) in [5.41, 5.74) is 7.98. The van der Waals surface area contributed by atoms with Crippen molar-refractivity contribution in [3.63, 3.8) is 0 Å². The van der Waals surface area contributed by atoms with Crippen LogP contribution < -0.4 is 15.4 Å². The second kappa shape index (κ2) is 6.54. The highest BCUT2D eigenvalue weighted by Gasteiger charge is 2.25. The Morgan fingerprint density at radius 3 is 2.76 bits per heavy atom. The molecule has 0 aliphatic carbocycles. The fraction of sp³-hybridized carbons (Fsp3) is 0.333. The molecule has 1 fully saturated rings. The highest BCUT2D eigenvalue weighted by atomic mass is 35.5. The van der Waals surface area contributed by atoms with Crippen LogP contribution in [-0.4, -0.2) is 41.0 Å². The van der Waals surface area contributed by atoms with Crippen molar-refractivity contribution in [3.05, 3.63) is 47.1 Å². The van der Waals surface area contributed by atoms with Gasteiger partial charge in [0.05, 0.1) is 24.1 Å². The van der Waals surface area contributed by atoms with E-state index in [4.69, 9.17) is 27.2 Å². The summed E-state index contributed by atoms with van der Waals surface area (Å²) in [6.07, 6.45) is 2.68. The van der Waals surface area contributed by atoms with Crippen LogP contribution in [0.4, 0.5) is 5.82 Å². The molecule has 0 amide bonds. The molecule has 25 heavy (non-hydrogen) atoms. The summed E-state index contributed by atoms with van der Waals surface area (Å²) in [7, 11) is 1.66. The minimum absolute atomic E-state index is 0.178. The number of fused-ring (bicyclic) bond motifs is 1. The number of hydrogen-bond acceptors (Lipinski definition) is 5. The van der Waals surface area contributed by atoms with Crippen LogP contribution in [0.1, 0.15) is 12.0 Å². The summed E-state index contributed by atoms with van der Waals surface area (Å²) in [6, 6.07) is 9.94. The van der Waals surface area contributed by atoms with E-state index in [0.29, 0.717) is 11.6 Å². The molecule has 3 heterocycles. The molecule has 6 nitrogen and oxygen atoms in total. The van der Waals surface area contributed by atoms with Crippen molar-refractivity contribution in [3.8, 4) is 5.75 Å². The minimum atomic E-state index is 0.178. The zero-order valence-electron chi connectivity index (χ0n) is 14.0. The quantitative estimate of drug-likeness (QED) is 0.777. The Morgan fingerprint density at radius 1 is 1.28 bits per heavy atom. The maximum Gasteiger partial charge on any atom is 0.161 e. The molecule has 2 aromatic heterocycles.